The molecule has 3 fully saturated rings. The van der Waals surface area contributed by atoms with E-state index in [1.165, 1.54) is 21.6 Å². The number of piperidine rings is 1. The van der Waals surface area contributed by atoms with E-state index in [0.29, 0.717) is 25.6 Å². The molecule has 2 aromatic carbocycles. The number of nitrogens with zero attached hydrogens (tertiary/aromatic N) is 3. The van der Waals surface area contributed by atoms with E-state index in [4.69, 9.17) is 4.74 Å². The minimum atomic E-state index is -0.818. The number of ether oxygens (including phenoxy) is 1. The van der Waals surface area contributed by atoms with Crippen molar-refractivity contribution in [2.75, 3.05) is 39.8 Å². The summed E-state index contributed by atoms with van der Waals surface area (Å²) in [4.78, 5) is 31.2. The smallest absolute Gasteiger partial charge is 0.407 e. The van der Waals surface area contributed by atoms with Gasteiger partial charge in [-0.25, -0.2) is 4.79 Å². The molecule has 2 saturated heterocycles. The van der Waals surface area contributed by atoms with Crippen LogP contribution in [-0.4, -0.2) is 77.7 Å². The normalized spacial score (nSPS) is 22.1. The first kappa shape index (κ1) is 26.5. The maximum atomic E-state index is 13.8. The molecule has 2 aromatic rings. The Balaban J connectivity index is 1.32. The maximum Gasteiger partial charge on any atom is 0.407 e. The molecule has 1 aliphatic carbocycles. The summed E-state index contributed by atoms with van der Waals surface area (Å²) in [6.07, 6.45) is 3.85. The fraction of sp³-hybridized carbons (Fsp3) is 0.548. The predicted octanol–water partition coefficient (Wildman–Crippen LogP) is 5.17. The zero-order valence-corrected chi connectivity index (χ0v) is 22.9. The van der Waals surface area contributed by atoms with E-state index in [1.807, 2.05) is 12.1 Å². The van der Waals surface area contributed by atoms with Gasteiger partial charge in [0.1, 0.15) is 5.75 Å². The first-order valence-corrected chi connectivity index (χ1v) is 14.0. The lowest BCUT2D eigenvalue weighted by Crippen LogP contribution is -2.62. The highest BCUT2D eigenvalue weighted by Crippen LogP contribution is 2.53. The highest BCUT2D eigenvalue weighted by Gasteiger charge is 2.52. The van der Waals surface area contributed by atoms with Crippen LogP contribution in [-0.2, 0) is 11.2 Å². The number of likely N-dealkylation sites (tertiary alicyclic amines) is 1. The van der Waals surface area contributed by atoms with E-state index in [1.54, 1.807) is 7.11 Å². The fourth-order valence-electron chi connectivity index (χ4n) is 6.86. The van der Waals surface area contributed by atoms with Crippen molar-refractivity contribution >= 4 is 12.0 Å². The molecule has 1 unspecified atom stereocenters. The van der Waals surface area contributed by atoms with Crippen molar-refractivity contribution in [3.8, 4) is 5.75 Å². The third kappa shape index (κ3) is 5.39. The van der Waals surface area contributed by atoms with Gasteiger partial charge in [0.05, 0.1) is 19.7 Å². The summed E-state index contributed by atoms with van der Waals surface area (Å²) in [5.74, 6) is 1.46. The number of hydrogen-bond donors (Lipinski definition) is 1. The number of rotatable bonds is 7. The molecule has 3 aliphatic rings. The third-order valence-electron chi connectivity index (χ3n) is 9.09. The van der Waals surface area contributed by atoms with Crippen LogP contribution < -0.4 is 4.74 Å². The van der Waals surface area contributed by atoms with E-state index in [2.05, 4.69) is 60.0 Å². The highest BCUT2D eigenvalue weighted by atomic mass is 16.5. The fourth-order valence-corrected chi connectivity index (χ4v) is 6.86. The van der Waals surface area contributed by atoms with Crippen molar-refractivity contribution in [1.29, 1.82) is 0 Å². The quantitative estimate of drug-likeness (QED) is 0.546. The van der Waals surface area contributed by atoms with Crippen molar-refractivity contribution in [2.24, 2.45) is 5.41 Å². The van der Waals surface area contributed by atoms with Gasteiger partial charge in [-0.3, -0.25) is 9.69 Å². The molecule has 2 aliphatic heterocycles. The molecular formula is C31H41N3O4. The average molecular weight is 520 g/mol. The van der Waals surface area contributed by atoms with E-state index in [0.717, 1.165) is 50.9 Å². The van der Waals surface area contributed by atoms with E-state index >= 15 is 0 Å². The van der Waals surface area contributed by atoms with Gasteiger partial charge in [-0.2, -0.15) is 0 Å². The summed E-state index contributed by atoms with van der Waals surface area (Å²) in [5.41, 5.74) is 4.01. The molecule has 0 radical (unpaired) electrons. The molecule has 1 atom stereocenters. The van der Waals surface area contributed by atoms with Crippen molar-refractivity contribution in [2.45, 2.75) is 64.0 Å². The number of methoxy groups -OCH3 is 1. The molecule has 0 aromatic heterocycles. The van der Waals surface area contributed by atoms with Crippen molar-refractivity contribution < 1.29 is 19.4 Å². The Labute approximate surface area is 226 Å². The third-order valence-corrected chi connectivity index (χ3v) is 9.09. The zero-order chi connectivity index (χ0) is 26.9. The van der Waals surface area contributed by atoms with Gasteiger partial charge >= 0.3 is 6.09 Å². The van der Waals surface area contributed by atoms with Gasteiger partial charge in [-0.05, 0) is 72.3 Å². The summed E-state index contributed by atoms with van der Waals surface area (Å²) in [6, 6.07) is 17.1. The lowest BCUT2D eigenvalue weighted by atomic mass is 9.59. The molecular weight excluding hydrogens is 478 g/mol. The minimum absolute atomic E-state index is 0.0344. The Kier molecular flexibility index (Phi) is 7.66. The van der Waals surface area contributed by atoms with Crippen molar-refractivity contribution in [1.82, 2.24) is 14.7 Å². The first-order chi connectivity index (χ1) is 18.3. The Morgan fingerprint density at radius 2 is 1.76 bits per heavy atom. The summed E-state index contributed by atoms with van der Waals surface area (Å²) in [7, 11) is 1.68. The van der Waals surface area contributed by atoms with Gasteiger partial charge in [-0.1, -0.05) is 50.2 Å². The second-order valence-electron chi connectivity index (χ2n) is 11.8. The van der Waals surface area contributed by atoms with Crippen LogP contribution in [0.3, 0.4) is 0 Å². The Morgan fingerprint density at radius 3 is 2.39 bits per heavy atom. The van der Waals surface area contributed by atoms with Gasteiger partial charge in [0.15, 0.2) is 0 Å². The number of carbonyl (C=O) groups excluding carboxylic acids is 1. The lowest BCUT2D eigenvalue weighted by Gasteiger charge is -2.58. The molecule has 2 heterocycles. The lowest BCUT2D eigenvalue weighted by molar-refractivity contribution is -0.153. The molecule has 1 N–H and O–H groups in total. The van der Waals surface area contributed by atoms with Crippen LogP contribution in [0.5, 0.6) is 5.75 Å². The van der Waals surface area contributed by atoms with Crippen LogP contribution >= 0.6 is 0 Å². The molecule has 7 nitrogen and oxygen atoms in total. The van der Waals surface area contributed by atoms with Gasteiger partial charge in [0.25, 0.3) is 0 Å². The molecule has 5 rings (SSSR count). The Morgan fingerprint density at radius 1 is 1.08 bits per heavy atom. The van der Waals surface area contributed by atoms with Crippen LogP contribution in [0.2, 0.25) is 0 Å². The number of amides is 2. The number of hydrogen-bond acceptors (Lipinski definition) is 4. The van der Waals surface area contributed by atoms with E-state index < -0.39 is 6.09 Å². The monoisotopic (exact) mass is 519 g/mol. The van der Waals surface area contributed by atoms with Crippen molar-refractivity contribution in [3.63, 3.8) is 0 Å². The zero-order valence-electron chi connectivity index (χ0n) is 22.9. The number of piperazine rings is 1. The molecule has 0 bridgehead atoms. The molecule has 38 heavy (non-hydrogen) atoms. The van der Waals surface area contributed by atoms with Crippen LogP contribution in [0, 0.1) is 5.41 Å². The standard InChI is InChI=1S/C31H41N3O4/c1-22(2)26-6-4-5-7-27(26)28-20-32(15-12-23-8-10-25(38-3)11-9-23)21-29(35)34(28)24-18-31(19-24)13-16-33(17-14-31)30(36)37/h4-11,22,24,28H,12-21H2,1-3H3,(H,36,37). The number of carboxylic acid groups (broad SMARTS) is 1. The molecule has 204 valence electrons. The average Bonchev–Trinajstić information content (AvgIpc) is 2.90. The molecule has 1 saturated carbocycles. The Bertz CT molecular complexity index is 1130. The van der Waals surface area contributed by atoms with E-state index in [9.17, 15) is 14.7 Å². The van der Waals surface area contributed by atoms with Crippen LogP contribution in [0.15, 0.2) is 48.5 Å². The predicted molar refractivity (Wildman–Crippen MR) is 148 cm³/mol. The van der Waals surface area contributed by atoms with Gasteiger partial charge in [-0.15, -0.1) is 0 Å². The summed E-state index contributed by atoms with van der Waals surface area (Å²) >= 11 is 0. The highest BCUT2D eigenvalue weighted by molar-refractivity contribution is 5.80. The Hall–Kier alpha value is -3.06. The SMILES string of the molecule is COc1ccc(CCN2CC(=O)N(C3CC4(CCN(C(=O)O)CC4)C3)C(c3ccccc3C(C)C)C2)cc1. The van der Waals surface area contributed by atoms with Crippen LogP contribution in [0.4, 0.5) is 4.79 Å². The summed E-state index contributed by atoms with van der Waals surface area (Å²) in [6.45, 7) is 7.79. The first-order valence-electron chi connectivity index (χ1n) is 14.0. The van der Waals surface area contributed by atoms with Gasteiger partial charge in [0, 0.05) is 32.2 Å². The van der Waals surface area contributed by atoms with Gasteiger partial charge in [0.2, 0.25) is 5.91 Å². The van der Waals surface area contributed by atoms with Gasteiger partial charge < -0.3 is 19.6 Å². The molecule has 1 spiro atoms. The number of carbonyl (C=O) groups is 2. The topological polar surface area (TPSA) is 73.3 Å². The van der Waals surface area contributed by atoms with E-state index in [-0.39, 0.29) is 23.4 Å². The minimum Gasteiger partial charge on any atom is -0.497 e. The van der Waals surface area contributed by atoms with Crippen LogP contribution in [0.1, 0.15) is 68.2 Å². The second-order valence-corrected chi connectivity index (χ2v) is 11.8. The molecule has 2 amide bonds. The van der Waals surface area contributed by atoms with Crippen molar-refractivity contribution in [3.05, 3.63) is 65.2 Å². The number of benzene rings is 2. The largest absolute Gasteiger partial charge is 0.497 e. The summed E-state index contributed by atoms with van der Waals surface area (Å²) in [5, 5.41) is 9.35. The summed E-state index contributed by atoms with van der Waals surface area (Å²) < 4.78 is 5.29. The molecule has 7 heteroatoms. The maximum absolute atomic E-state index is 13.8. The second kappa shape index (κ2) is 11.0. The van der Waals surface area contributed by atoms with Crippen LogP contribution in [0.25, 0.3) is 0 Å².